The van der Waals surface area contributed by atoms with Gasteiger partial charge in [-0.25, -0.2) is 4.99 Å². The van der Waals surface area contributed by atoms with E-state index in [0.717, 1.165) is 49.5 Å². The molecule has 1 fully saturated rings. The maximum atomic E-state index is 5.38. The Morgan fingerprint density at radius 1 is 1.26 bits per heavy atom. The van der Waals surface area contributed by atoms with E-state index in [1.54, 1.807) is 7.11 Å². The van der Waals surface area contributed by atoms with Crippen LogP contribution >= 0.6 is 0 Å². The molecule has 0 saturated heterocycles. The van der Waals surface area contributed by atoms with Gasteiger partial charge in [0.1, 0.15) is 5.75 Å². The van der Waals surface area contributed by atoms with E-state index >= 15 is 0 Å². The lowest BCUT2D eigenvalue weighted by Crippen LogP contribution is -2.42. The van der Waals surface area contributed by atoms with Crippen LogP contribution in [-0.4, -0.2) is 50.2 Å². The Balaban J connectivity index is 1.86. The van der Waals surface area contributed by atoms with Gasteiger partial charge in [-0.2, -0.15) is 0 Å². The number of benzene rings is 1. The van der Waals surface area contributed by atoms with E-state index in [1.165, 1.54) is 12.8 Å². The average Bonchev–Trinajstić information content (AvgIpc) is 3.41. The SMILES string of the molecule is CCNC(=NCc1ccccc1OC)NCCN(CC)C1CC1. The molecule has 0 unspecified atom stereocenters. The molecule has 5 heteroatoms. The Labute approximate surface area is 140 Å². The van der Waals surface area contributed by atoms with Crippen LogP contribution in [0.3, 0.4) is 0 Å². The number of rotatable bonds is 9. The zero-order valence-corrected chi connectivity index (χ0v) is 14.6. The molecule has 0 aliphatic heterocycles. The first-order valence-corrected chi connectivity index (χ1v) is 8.66. The van der Waals surface area contributed by atoms with E-state index in [0.29, 0.717) is 6.54 Å². The molecule has 0 heterocycles. The van der Waals surface area contributed by atoms with Crippen molar-refractivity contribution in [1.29, 1.82) is 0 Å². The van der Waals surface area contributed by atoms with Crippen molar-refractivity contribution < 1.29 is 4.74 Å². The molecule has 0 spiro atoms. The molecular weight excluding hydrogens is 288 g/mol. The van der Waals surface area contributed by atoms with Crippen LogP contribution in [0, 0.1) is 0 Å². The Bertz CT molecular complexity index is 500. The molecule has 2 N–H and O–H groups in total. The molecule has 0 radical (unpaired) electrons. The van der Waals surface area contributed by atoms with Gasteiger partial charge in [0.15, 0.2) is 5.96 Å². The summed E-state index contributed by atoms with van der Waals surface area (Å²) in [4.78, 5) is 7.21. The number of nitrogens with one attached hydrogen (secondary N) is 2. The minimum absolute atomic E-state index is 0.611. The molecule has 128 valence electrons. The van der Waals surface area contributed by atoms with E-state index < -0.39 is 0 Å². The van der Waals surface area contributed by atoms with Gasteiger partial charge < -0.3 is 15.4 Å². The van der Waals surface area contributed by atoms with E-state index in [-0.39, 0.29) is 0 Å². The number of para-hydroxylation sites is 1. The smallest absolute Gasteiger partial charge is 0.191 e. The highest BCUT2D eigenvalue weighted by Gasteiger charge is 2.27. The van der Waals surface area contributed by atoms with Crippen LogP contribution in [0.4, 0.5) is 0 Å². The topological polar surface area (TPSA) is 48.9 Å². The summed E-state index contributed by atoms with van der Waals surface area (Å²) in [5, 5.41) is 6.74. The third-order valence-electron chi connectivity index (χ3n) is 4.11. The number of hydrogen-bond donors (Lipinski definition) is 2. The monoisotopic (exact) mass is 318 g/mol. The van der Waals surface area contributed by atoms with Crippen molar-refractivity contribution in [3.05, 3.63) is 29.8 Å². The van der Waals surface area contributed by atoms with Gasteiger partial charge in [-0.05, 0) is 32.4 Å². The van der Waals surface area contributed by atoms with Crippen molar-refractivity contribution in [1.82, 2.24) is 15.5 Å². The van der Waals surface area contributed by atoms with Gasteiger partial charge in [0.2, 0.25) is 0 Å². The first-order chi connectivity index (χ1) is 11.3. The quantitative estimate of drug-likeness (QED) is 0.541. The van der Waals surface area contributed by atoms with E-state index in [4.69, 9.17) is 4.74 Å². The summed E-state index contributed by atoms with van der Waals surface area (Å²) in [7, 11) is 1.70. The molecule has 23 heavy (non-hydrogen) atoms. The van der Waals surface area contributed by atoms with Gasteiger partial charge in [-0.15, -0.1) is 0 Å². The zero-order chi connectivity index (χ0) is 16.5. The van der Waals surface area contributed by atoms with Crippen LogP contribution < -0.4 is 15.4 Å². The van der Waals surface area contributed by atoms with Gasteiger partial charge in [0, 0.05) is 31.2 Å². The number of likely N-dealkylation sites (N-methyl/N-ethyl adjacent to an activating group) is 1. The van der Waals surface area contributed by atoms with Crippen LogP contribution in [-0.2, 0) is 6.54 Å². The van der Waals surface area contributed by atoms with E-state index in [1.807, 2.05) is 18.2 Å². The fraction of sp³-hybridized carbons (Fsp3) is 0.611. The average molecular weight is 318 g/mol. The summed E-state index contributed by atoms with van der Waals surface area (Å²) in [5.41, 5.74) is 1.10. The number of guanidine groups is 1. The minimum Gasteiger partial charge on any atom is -0.496 e. The van der Waals surface area contributed by atoms with Crippen LogP contribution in [0.5, 0.6) is 5.75 Å². The minimum atomic E-state index is 0.611. The first kappa shape index (κ1) is 17.6. The van der Waals surface area contributed by atoms with Crippen molar-refractivity contribution in [3.63, 3.8) is 0 Å². The van der Waals surface area contributed by atoms with Crippen molar-refractivity contribution in [2.45, 2.75) is 39.3 Å². The number of hydrogen-bond acceptors (Lipinski definition) is 3. The summed E-state index contributed by atoms with van der Waals surface area (Å²) in [6.07, 6.45) is 2.71. The third kappa shape index (κ3) is 5.75. The standard InChI is InChI=1S/C18H30N4O/c1-4-19-18(20-12-13-22(5-2)16-10-11-16)21-14-15-8-6-7-9-17(15)23-3/h6-9,16H,4-5,10-14H2,1-3H3,(H2,19,20,21). The molecule has 1 aliphatic rings. The van der Waals surface area contributed by atoms with Gasteiger partial charge in [0.25, 0.3) is 0 Å². The Morgan fingerprint density at radius 3 is 2.70 bits per heavy atom. The fourth-order valence-electron chi connectivity index (χ4n) is 2.70. The van der Waals surface area contributed by atoms with Crippen molar-refractivity contribution in [2.75, 3.05) is 33.3 Å². The summed E-state index contributed by atoms with van der Waals surface area (Å²) >= 11 is 0. The molecule has 1 aromatic carbocycles. The fourth-order valence-corrected chi connectivity index (χ4v) is 2.70. The molecular formula is C18H30N4O. The number of ether oxygens (including phenoxy) is 1. The van der Waals surface area contributed by atoms with Crippen molar-refractivity contribution in [2.24, 2.45) is 4.99 Å². The molecule has 0 aromatic heterocycles. The lowest BCUT2D eigenvalue weighted by Gasteiger charge is -2.20. The second-order valence-electron chi connectivity index (χ2n) is 5.79. The van der Waals surface area contributed by atoms with Gasteiger partial charge in [-0.1, -0.05) is 25.1 Å². The van der Waals surface area contributed by atoms with Gasteiger partial charge >= 0.3 is 0 Å². The highest BCUT2D eigenvalue weighted by Crippen LogP contribution is 2.25. The summed E-state index contributed by atoms with van der Waals surface area (Å²) in [6.45, 7) is 8.91. The molecule has 0 amide bonds. The maximum Gasteiger partial charge on any atom is 0.191 e. The number of aliphatic imine (C=N–C) groups is 1. The molecule has 2 rings (SSSR count). The van der Waals surface area contributed by atoms with Crippen molar-refractivity contribution in [3.8, 4) is 5.75 Å². The summed E-state index contributed by atoms with van der Waals surface area (Å²) in [6, 6.07) is 8.84. The number of nitrogens with zero attached hydrogens (tertiary/aromatic N) is 2. The highest BCUT2D eigenvalue weighted by atomic mass is 16.5. The second-order valence-corrected chi connectivity index (χ2v) is 5.79. The highest BCUT2D eigenvalue weighted by molar-refractivity contribution is 5.79. The molecule has 1 aliphatic carbocycles. The van der Waals surface area contributed by atoms with E-state index in [2.05, 4.69) is 40.4 Å². The predicted octanol–water partition coefficient (Wildman–Crippen LogP) is 2.23. The lowest BCUT2D eigenvalue weighted by atomic mass is 10.2. The lowest BCUT2D eigenvalue weighted by molar-refractivity contribution is 0.282. The third-order valence-corrected chi connectivity index (χ3v) is 4.11. The summed E-state index contributed by atoms with van der Waals surface area (Å²) < 4.78 is 5.38. The molecule has 0 bridgehead atoms. The molecule has 0 atom stereocenters. The summed E-state index contributed by atoms with van der Waals surface area (Å²) in [5.74, 6) is 1.75. The van der Waals surface area contributed by atoms with Crippen LogP contribution in [0.2, 0.25) is 0 Å². The van der Waals surface area contributed by atoms with Crippen LogP contribution in [0.1, 0.15) is 32.3 Å². The second kappa shape index (κ2) is 9.40. The Hall–Kier alpha value is -1.75. The molecule has 5 nitrogen and oxygen atoms in total. The molecule has 1 aromatic rings. The zero-order valence-electron chi connectivity index (χ0n) is 14.6. The molecule has 1 saturated carbocycles. The predicted molar refractivity (Wildman–Crippen MR) is 96.1 cm³/mol. The van der Waals surface area contributed by atoms with Crippen LogP contribution in [0.15, 0.2) is 29.3 Å². The Kier molecular flexibility index (Phi) is 7.20. The van der Waals surface area contributed by atoms with E-state index in [9.17, 15) is 0 Å². The van der Waals surface area contributed by atoms with Gasteiger partial charge in [0.05, 0.1) is 13.7 Å². The first-order valence-electron chi connectivity index (χ1n) is 8.66. The Morgan fingerprint density at radius 2 is 2.04 bits per heavy atom. The normalized spacial score (nSPS) is 14.9. The maximum absolute atomic E-state index is 5.38. The van der Waals surface area contributed by atoms with Gasteiger partial charge in [-0.3, -0.25) is 4.90 Å². The largest absolute Gasteiger partial charge is 0.496 e. The number of methoxy groups -OCH3 is 1. The van der Waals surface area contributed by atoms with Crippen molar-refractivity contribution >= 4 is 5.96 Å². The van der Waals surface area contributed by atoms with Crippen LogP contribution in [0.25, 0.3) is 0 Å².